The van der Waals surface area contributed by atoms with Crippen LogP contribution < -0.4 is 0 Å². The van der Waals surface area contributed by atoms with Crippen molar-refractivity contribution in [2.75, 3.05) is 0 Å². The molecule has 0 spiro atoms. The van der Waals surface area contributed by atoms with Crippen LogP contribution in [0.15, 0.2) is 11.1 Å². The van der Waals surface area contributed by atoms with Crippen molar-refractivity contribution in [3.63, 3.8) is 0 Å². The topological polar surface area (TPSA) is 0 Å². The zero-order chi connectivity index (χ0) is 12.6. The third-order valence-electron chi connectivity index (χ3n) is 3.29. The average molecular weight is 328 g/mol. The van der Waals surface area contributed by atoms with Gasteiger partial charge in [0.25, 0.3) is 0 Å². The van der Waals surface area contributed by atoms with Crippen LogP contribution >= 0.6 is 17.0 Å². The zero-order valence-corrected chi connectivity index (χ0v) is 14.6. The van der Waals surface area contributed by atoms with Crippen molar-refractivity contribution in [3.05, 3.63) is 24.0 Å². The molecule has 1 aliphatic rings. The van der Waals surface area contributed by atoms with Crippen LogP contribution in [0.5, 0.6) is 0 Å². The van der Waals surface area contributed by atoms with E-state index in [1.54, 1.807) is 24.0 Å². The predicted octanol–water partition coefficient (Wildman–Crippen LogP) is 5.42. The van der Waals surface area contributed by atoms with Gasteiger partial charge in [0.1, 0.15) is 0 Å². The summed E-state index contributed by atoms with van der Waals surface area (Å²) < 4.78 is 0. The molecule has 3 heteroatoms. The van der Waals surface area contributed by atoms with Crippen LogP contribution in [0.2, 0.25) is 0 Å². The third-order valence-corrected chi connectivity index (χ3v) is 3.29. The van der Waals surface area contributed by atoms with Crippen LogP contribution in [0.4, 0.5) is 0 Å². The van der Waals surface area contributed by atoms with Gasteiger partial charge in [-0.05, 0) is 13.8 Å². The molecule has 0 saturated heterocycles. The number of halogens is 2. The molecule has 2 unspecified atom stereocenters. The molecule has 0 heterocycles. The summed E-state index contributed by atoms with van der Waals surface area (Å²) in [6.45, 7) is 16.4. The molecule has 0 aliphatic heterocycles. The summed E-state index contributed by atoms with van der Waals surface area (Å²) in [7, 11) is 9.87. The monoisotopic (exact) mass is 326 g/mol. The molecule has 1 aliphatic carbocycles. The van der Waals surface area contributed by atoms with E-state index in [0.29, 0.717) is 0 Å². The van der Waals surface area contributed by atoms with Crippen LogP contribution in [-0.2, 0) is 20.8 Å². The molecular weight excluding hydrogens is 306 g/mol. The fourth-order valence-corrected chi connectivity index (χ4v) is 1.74. The second-order valence-electron chi connectivity index (χ2n) is 3.62. The normalized spacial score (nSPS) is 24.9. The quantitative estimate of drug-likeness (QED) is 0.411. The molecule has 0 bridgehead atoms. The van der Waals surface area contributed by atoms with Gasteiger partial charge in [-0.1, -0.05) is 13.8 Å². The third kappa shape index (κ3) is 5.90. The molecule has 0 aromatic heterocycles. The van der Waals surface area contributed by atoms with Crippen LogP contribution in [0.1, 0.15) is 41.5 Å². The summed E-state index contributed by atoms with van der Waals surface area (Å²) in [4.78, 5) is 0. The maximum atomic E-state index is 4.93. The Bertz CT molecular complexity index is 172. The van der Waals surface area contributed by atoms with E-state index in [1.165, 1.54) is 0 Å². The first kappa shape index (κ1) is 18.6. The molecule has 0 saturated carbocycles. The van der Waals surface area contributed by atoms with Crippen molar-refractivity contribution < 1.29 is 20.8 Å². The average Bonchev–Trinajstić information content (AvgIpc) is 2.41. The van der Waals surface area contributed by atoms with Gasteiger partial charge in [0.15, 0.2) is 0 Å². The van der Waals surface area contributed by atoms with E-state index in [0.717, 1.165) is 11.8 Å². The van der Waals surface area contributed by atoms with Gasteiger partial charge in [-0.3, -0.25) is 0 Å². The van der Waals surface area contributed by atoms with Crippen LogP contribution in [0, 0.1) is 24.7 Å². The molecule has 0 fully saturated rings. The second-order valence-corrected chi connectivity index (χ2v) is 7.36. The van der Waals surface area contributed by atoms with E-state index in [2.05, 4.69) is 41.5 Å². The Morgan fingerprint density at radius 3 is 1.33 bits per heavy atom. The first-order valence-electron chi connectivity index (χ1n) is 5.14. The number of hydrogen-bond donors (Lipinski definition) is 0. The fraction of sp³-hybridized carbons (Fsp3) is 0.667. The zero-order valence-electron chi connectivity index (χ0n) is 10.6. The molecule has 0 aromatic rings. The summed E-state index contributed by atoms with van der Waals surface area (Å²) >= 11 is -0.826. The van der Waals surface area contributed by atoms with Crippen LogP contribution in [-0.4, -0.2) is 0 Å². The van der Waals surface area contributed by atoms with Crippen molar-refractivity contribution in [3.8, 4) is 0 Å². The van der Waals surface area contributed by atoms with E-state index in [9.17, 15) is 0 Å². The Balaban J connectivity index is 0. The Labute approximate surface area is 114 Å². The van der Waals surface area contributed by atoms with Gasteiger partial charge in [-0.15, -0.1) is 23.0 Å². The predicted molar refractivity (Wildman–Crippen MR) is 68.4 cm³/mol. The van der Waals surface area contributed by atoms with Crippen molar-refractivity contribution >= 4 is 17.0 Å². The standard InChI is InChI=1S/C10H17.C2H5.2ClH.Zr/c1-6-7(2)9(4)10(5)8(6)3;1-2;;;/h6,9H,1-5H3;1H2,2H3;2*1H;/q2*-1;;;+4/p-2. The fourth-order valence-electron chi connectivity index (χ4n) is 1.74. The summed E-state index contributed by atoms with van der Waals surface area (Å²) in [5, 5.41) is 0. The SMILES string of the molecule is CC1=C(C)C(C)[C-](C)C1C.[CH2-]C.[Cl][Zr+2][Cl]. The molecule has 1 rings (SSSR count). The summed E-state index contributed by atoms with van der Waals surface area (Å²) in [5.74, 6) is 3.10. The van der Waals surface area contributed by atoms with Gasteiger partial charge < -0.3 is 12.8 Å². The van der Waals surface area contributed by atoms with E-state index in [4.69, 9.17) is 17.0 Å². The van der Waals surface area contributed by atoms with E-state index >= 15 is 0 Å². The molecule has 0 N–H and O–H groups in total. The summed E-state index contributed by atoms with van der Waals surface area (Å²) in [5.41, 5.74) is 3.18. The Morgan fingerprint density at radius 2 is 1.27 bits per heavy atom. The molecule has 15 heavy (non-hydrogen) atoms. The molecule has 2 atom stereocenters. The van der Waals surface area contributed by atoms with E-state index in [1.807, 2.05) is 0 Å². The Hall–Kier alpha value is 1.20. The minimum absolute atomic E-state index is 0.731. The van der Waals surface area contributed by atoms with Gasteiger partial charge in [0.2, 0.25) is 0 Å². The van der Waals surface area contributed by atoms with Crippen molar-refractivity contribution in [2.45, 2.75) is 41.5 Å². The molecule has 0 radical (unpaired) electrons. The Morgan fingerprint density at radius 1 is 1.07 bits per heavy atom. The molecule has 0 aromatic carbocycles. The van der Waals surface area contributed by atoms with E-state index in [-0.39, 0.29) is 0 Å². The molecule has 0 amide bonds. The molecule has 88 valence electrons. The Kier molecular flexibility index (Phi) is 12.8. The summed E-state index contributed by atoms with van der Waals surface area (Å²) in [6, 6.07) is 0. The first-order valence-corrected chi connectivity index (χ1v) is 11.5. The number of rotatable bonds is 0. The van der Waals surface area contributed by atoms with E-state index < -0.39 is 20.8 Å². The maximum absolute atomic E-state index is 4.93. The molecule has 0 nitrogen and oxygen atoms in total. The van der Waals surface area contributed by atoms with Gasteiger partial charge >= 0.3 is 37.9 Å². The van der Waals surface area contributed by atoms with Gasteiger partial charge in [0, 0.05) is 0 Å². The second kappa shape index (κ2) is 10.4. The van der Waals surface area contributed by atoms with Gasteiger partial charge in [0.05, 0.1) is 0 Å². The van der Waals surface area contributed by atoms with Crippen molar-refractivity contribution in [2.24, 2.45) is 11.8 Å². The van der Waals surface area contributed by atoms with Crippen molar-refractivity contribution in [1.82, 2.24) is 0 Å². The van der Waals surface area contributed by atoms with Gasteiger partial charge in [-0.2, -0.15) is 13.8 Å². The summed E-state index contributed by atoms with van der Waals surface area (Å²) in [6.07, 6.45) is 0. The first-order chi connectivity index (χ1) is 6.97. The minimum atomic E-state index is -0.826. The van der Waals surface area contributed by atoms with Crippen molar-refractivity contribution in [1.29, 1.82) is 0 Å². The van der Waals surface area contributed by atoms with Gasteiger partial charge in [-0.25, -0.2) is 0 Å². The molecular formula is C12H22Cl2Zr. The van der Waals surface area contributed by atoms with Crippen LogP contribution in [0.25, 0.3) is 0 Å². The van der Waals surface area contributed by atoms with Crippen LogP contribution in [0.3, 0.4) is 0 Å². The number of allylic oxidation sites excluding steroid dienone is 2. The number of hydrogen-bond acceptors (Lipinski definition) is 0.